The number of allylic oxidation sites excluding steroid dienone is 2. The molecule has 0 saturated carbocycles. The molecule has 7 heteroatoms. The maximum absolute atomic E-state index is 12.3. The lowest BCUT2D eigenvalue weighted by Crippen LogP contribution is -2.41. The van der Waals surface area contributed by atoms with Crippen molar-refractivity contribution in [3.63, 3.8) is 0 Å². The summed E-state index contributed by atoms with van der Waals surface area (Å²) in [6.45, 7) is 1.94. The summed E-state index contributed by atoms with van der Waals surface area (Å²) in [4.78, 5) is 38.2. The Morgan fingerprint density at radius 1 is 0.931 bits per heavy atom. The number of nitrogens with one attached hydrogen (secondary N) is 2. The van der Waals surface area contributed by atoms with Crippen LogP contribution in [0.3, 0.4) is 0 Å². The van der Waals surface area contributed by atoms with Gasteiger partial charge in [0, 0.05) is 24.5 Å². The van der Waals surface area contributed by atoms with Gasteiger partial charge in [0.1, 0.15) is 0 Å². The van der Waals surface area contributed by atoms with Crippen molar-refractivity contribution in [1.82, 2.24) is 5.32 Å². The van der Waals surface area contributed by atoms with Gasteiger partial charge in [-0.15, -0.1) is 0 Å². The normalized spacial score (nSPS) is 21.9. The second-order valence-electron chi connectivity index (χ2n) is 7.71. The fourth-order valence-electron chi connectivity index (χ4n) is 3.97. The van der Waals surface area contributed by atoms with Gasteiger partial charge in [0.05, 0.1) is 18.4 Å². The molecule has 2 amide bonds. The Balaban J connectivity index is 1.48. The van der Waals surface area contributed by atoms with Crippen LogP contribution in [-0.4, -0.2) is 42.5 Å². The van der Waals surface area contributed by atoms with E-state index < -0.39 is 23.7 Å². The van der Waals surface area contributed by atoms with Crippen molar-refractivity contribution < 1.29 is 19.5 Å². The third-order valence-corrected chi connectivity index (χ3v) is 5.63. The molecule has 156 valence electrons. The van der Waals surface area contributed by atoms with Gasteiger partial charge in [-0.1, -0.05) is 25.0 Å². The van der Waals surface area contributed by atoms with E-state index in [0.29, 0.717) is 18.5 Å². The van der Waals surface area contributed by atoms with Crippen LogP contribution >= 0.6 is 0 Å². The van der Waals surface area contributed by atoms with E-state index in [1.807, 2.05) is 30.3 Å². The molecular formula is C22H29N3O4. The SMILES string of the molecule is O=C(CNC(=O)[C@H]1CC=CC[C@H]1C(=O)O)Nc1ccc(N2CCCCCC2)cc1. The number of carbonyl (C=O) groups is 3. The molecule has 1 heterocycles. The average molecular weight is 399 g/mol. The van der Waals surface area contributed by atoms with Gasteiger partial charge in [-0.3, -0.25) is 14.4 Å². The predicted octanol–water partition coefficient (Wildman–Crippen LogP) is 2.79. The Bertz CT molecular complexity index is 752. The summed E-state index contributed by atoms with van der Waals surface area (Å²) in [5.41, 5.74) is 1.83. The summed E-state index contributed by atoms with van der Waals surface area (Å²) < 4.78 is 0. The van der Waals surface area contributed by atoms with Crippen LogP contribution in [0.4, 0.5) is 11.4 Å². The number of nitrogens with zero attached hydrogens (tertiary/aromatic N) is 1. The number of rotatable bonds is 6. The van der Waals surface area contributed by atoms with E-state index in [1.54, 1.807) is 6.08 Å². The largest absolute Gasteiger partial charge is 0.481 e. The van der Waals surface area contributed by atoms with Gasteiger partial charge in [-0.2, -0.15) is 0 Å². The highest BCUT2D eigenvalue weighted by Crippen LogP contribution is 2.26. The van der Waals surface area contributed by atoms with Crippen LogP contribution in [0.25, 0.3) is 0 Å². The first-order valence-electron chi connectivity index (χ1n) is 10.3. The number of anilines is 2. The maximum Gasteiger partial charge on any atom is 0.307 e. The lowest BCUT2D eigenvalue weighted by atomic mass is 9.82. The summed E-state index contributed by atoms with van der Waals surface area (Å²) in [5, 5.41) is 14.6. The predicted molar refractivity (Wildman–Crippen MR) is 112 cm³/mol. The summed E-state index contributed by atoms with van der Waals surface area (Å²) >= 11 is 0. The molecule has 7 nitrogen and oxygen atoms in total. The van der Waals surface area contributed by atoms with Crippen LogP contribution in [0, 0.1) is 11.8 Å². The highest BCUT2D eigenvalue weighted by Gasteiger charge is 2.33. The minimum atomic E-state index is -0.983. The van der Waals surface area contributed by atoms with Crippen LogP contribution in [0.15, 0.2) is 36.4 Å². The van der Waals surface area contributed by atoms with E-state index in [4.69, 9.17) is 0 Å². The van der Waals surface area contributed by atoms with Crippen LogP contribution in [0.5, 0.6) is 0 Å². The lowest BCUT2D eigenvalue weighted by molar-refractivity contribution is -0.147. The minimum Gasteiger partial charge on any atom is -0.481 e. The third kappa shape index (κ3) is 5.82. The first kappa shape index (κ1) is 20.9. The number of hydrogen-bond acceptors (Lipinski definition) is 4. The Morgan fingerprint density at radius 3 is 2.17 bits per heavy atom. The monoisotopic (exact) mass is 399 g/mol. The number of amides is 2. The van der Waals surface area contributed by atoms with Crippen LogP contribution in [0.2, 0.25) is 0 Å². The van der Waals surface area contributed by atoms with Crippen molar-refractivity contribution in [2.75, 3.05) is 29.9 Å². The summed E-state index contributed by atoms with van der Waals surface area (Å²) in [7, 11) is 0. The molecule has 1 aliphatic carbocycles. The Labute approximate surface area is 171 Å². The van der Waals surface area contributed by atoms with E-state index in [9.17, 15) is 19.5 Å². The topological polar surface area (TPSA) is 98.7 Å². The van der Waals surface area contributed by atoms with E-state index in [1.165, 1.54) is 25.7 Å². The number of aliphatic carboxylic acids is 1. The van der Waals surface area contributed by atoms with Gasteiger partial charge in [-0.05, 0) is 49.9 Å². The molecule has 1 saturated heterocycles. The molecule has 1 fully saturated rings. The fourth-order valence-corrected chi connectivity index (χ4v) is 3.97. The fraction of sp³-hybridized carbons (Fsp3) is 0.500. The smallest absolute Gasteiger partial charge is 0.307 e. The molecule has 3 N–H and O–H groups in total. The van der Waals surface area contributed by atoms with Gasteiger partial charge in [-0.25, -0.2) is 0 Å². The van der Waals surface area contributed by atoms with Crippen LogP contribution in [-0.2, 0) is 14.4 Å². The van der Waals surface area contributed by atoms with Crippen molar-refractivity contribution in [3.05, 3.63) is 36.4 Å². The van der Waals surface area contributed by atoms with E-state index >= 15 is 0 Å². The molecule has 0 unspecified atom stereocenters. The van der Waals surface area contributed by atoms with Crippen molar-refractivity contribution in [2.24, 2.45) is 11.8 Å². The summed E-state index contributed by atoms with van der Waals surface area (Å²) in [6.07, 6.45) is 9.28. The molecule has 3 rings (SSSR count). The van der Waals surface area contributed by atoms with E-state index in [-0.39, 0.29) is 12.5 Å². The number of carboxylic acids is 1. The zero-order chi connectivity index (χ0) is 20.6. The highest BCUT2D eigenvalue weighted by atomic mass is 16.4. The average Bonchev–Trinajstić information content (AvgIpc) is 3.02. The van der Waals surface area contributed by atoms with Crippen molar-refractivity contribution in [3.8, 4) is 0 Å². The summed E-state index contributed by atoms with van der Waals surface area (Å²) in [6, 6.07) is 7.75. The lowest BCUT2D eigenvalue weighted by Gasteiger charge is -2.24. The van der Waals surface area contributed by atoms with Gasteiger partial charge >= 0.3 is 5.97 Å². The second-order valence-corrected chi connectivity index (χ2v) is 7.71. The molecule has 2 aliphatic rings. The number of hydrogen-bond donors (Lipinski definition) is 3. The number of benzene rings is 1. The van der Waals surface area contributed by atoms with Gasteiger partial charge in [0.15, 0.2) is 0 Å². The second kappa shape index (κ2) is 10.1. The third-order valence-electron chi connectivity index (χ3n) is 5.63. The number of carbonyl (C=O) groups excluding carboxylic acids is 2. The number of carboxylic acid groups (broad SMARTS) is 1. The molecule has 0 bridgehead atoms. The molecule has 2 atom stereocenters. The Hall–Kier alpha value is -2.83. The Kier molecular flexibility index (Phi) is 7.27. The van der Waals surface area contributed by atoms with Gasteiger partial charge in [0.2, 0.25) is 11.8 Å². The molecule has 1 aromatic rings. The van der Waals surface area contributed by atoms with Crippen LogP contribution < -0.4 is 15.5 Å². The van der Waals surface area contributed by atoms with E-state index in [2.05, 4.69) is 15.5 Å². The van der Waals surface area contributed by atoms with Crippen molar-refractivity contribution in [1.29, 1.82) is 0 Å². The highest BCUT2D eigenvalue weighted by molar-refractivity contribution is 5.95. The zero-order valence-corrected chi connectivity index (χ0v) is 16.6. The van der Waals surface area contributed by atoms with Gasteiger partial charge < -0.3 is 20.6 Å². The summed E-state index contributed by atoms with van der Waals surface area (Å²) in [5.74, 6) is -3.09. The minimum absolute atomic E-state index is 0.181. The van der Waals surface area contributed by atoms with Crippen molar-refractivity contribution in [2.45, 2.75) is 38.5 Å². The molecule has 1 aliphatic heterocycles. The standard InChI is InChI=1S/C22H29N3O4/c26-20(15-23-21(27)18-7-3-4-8-19(18)22(28)29)24-16-9-11-17(12-10-16)25-13-5-1-2-6-14-25/h3-4,9-12,18-19H,1-2,5-8,13-15H2,(H,23,27)(H,24,26)(H,28,29)/t18-,19+/m0/s1. The van der Waals surface area contributed by atoms with Crippen LogP contribution in [0.1, 0.15) is 38.5 Å². The zero-order valence-electron chi connectivity index (χ0n) is 16.6. The first-order valence-corrected chi connectivity index (χ1v) is 10.3. The van der Waals surface area contributed by atoms with Gasteiger partial charge in [0.25, 0.3) is 0 Å². The first-order chi connectivity index (χ1) is 14.0. The van der Waals surface area contributed by atoms with Crippen molar-refractivity contribution >= 4 is 29.2 Å². The maximum atomic E-state index is 12.3. The van der Waals surface area contributed by atoms with E-state index in [0.717, 1.165) is 18.8 Å². The molecule has 0 spiro atoms. The molecular weight excluding hydrogens is 370 g/mol. The molecule has 0 radical (unpaired) electrons. The Morgan fingerprint density at radius 2 is 1.55 bits per heavy atom. The molecule has 29 heavy (non-hydrogen) atoms. The molecule has 0 aromatic heterocycles. The molecule has 1 aromatic carbocycles. The quantitative estimate of drug-likeness (QED) is 0.639.